The number of hydrogen-bond acceptors (Lipinski definition) is 4. The highest BCUT2D eigenvalue weighted by Crippen LogP contribution is 2.30. The number of carbonyl (C=O) groups is 1. The monoisotopic (exact) mass is 404 g/mol. The van der Waals surface area contributed by atoms with Gasteiger partial charge >= 0.3 is 0 Å². The normalized spacial score (nSPS) is 16.1. The lowest BCUT2D eigenvalue weighted by Gasteiger charge is -2.23. The van der Waals surface area contributed by atoms with E-state index in [0.717, 1.165) is 29.9 Å². The lowest BCUT2D eigenvalue weighted by Crippen LogP contribution is -2.46. The first-order valence-electron chi connectivity index (χ1n) is 10.7. The third kappa shape index (κ3) is 7.48. The highest BCUT2D eigenvalue weighted by molar-refractivity contribution is 5.86. The van der Waals surface area contributed by atoms with E-state index in [1.165, 1.54) is 19.3 Å². The number of nitrogens with one attached hydrogen (secondary N) is 3. The van der Waals surface area contributed by atoms with Crippen LogP contribution < -0.4 is 25.4 Å². The van der Waals surface area contributed by atoms with Gasteiger partial charge in [0.2, 0.25) is 5.91 Å². The molecule has 0 aromatic heterocycles. The quantitative estimate of drug-likeness (QED) is 0.435. The van der Waals surface area contributed by atoms with Crippen molar-refractivity contribution in [1.29, 1.82) is 0 Å². The molecule has 3 N–H and O–H groups in total. The van der Waals surface area contributed by atoms with Crippen molar-refractivity contribution in [3.8, 4) is 11.5 Å². The number of rotatable bonds is 9. The van der Waals surface area contributed by atoms with E-state index in [9.17, 15) is 4.79 Å². The molecule has 7 heteroatoms. The van der Waals surface area contributed by atoms with Crippen LogP contribution in [0.5, 0.6) is 11.5 Å². The molecule has 1 unspecified atom stereocenters. The maximum atomic E-state index is 12.2. The second kappa shape index (κ2) is 12.2. The number of guanidine groups is 1. The predicted octanol–water partition coefficient (Wildman–Crippen LogP) is 3.16. The standard InChI is InChI=1S/C22H36N4O3/c1-5-28-19-13-12-17(14-20(19)29-6-2)16(3)25-22(23-4)24-15-21(27)26-18-10-8-7-9-11-18/h12-14,16,18H,5-11,15H2,1-4H3,(H,26,27)(H2,23,24,25). The molecule has 0 aliphatic heterocycles. The van der Waals surface area contributed by atoms with E-state index in [0.29, 0.717) is 25.2 Å². The molecular formula is C22H36N4O3. The van der Waals surface area contributed by atoms with Crippen molar-refractivity contribution in [3.05, 3.63) is 23.8 Å². The lowest BCUT2D eigenvalue weighted by atomic mass is 9.95. The van der Waals surface area contributed by atoms with Gasteiger partial charge in [0.1, 0.15) is 0 Å². The third-order valence-corrected chi connectivity index (χ3v) is 5.03. The summed E-state index contributed by atoms with van der Waals surface area (Å²) in [6.45, 7) is 7.32. The van der Waals surface area contributed by atoms with Crippen molar-refractivity contribution < 1.29 is 14.3 Å². The summed E-state index contributed by atoms with van der Waals surface area (Å²) < 4.78 is 11.3. The SMILES string of the molecule is CCOc1ccc(C(C)NC(=NC)NCC(=O)NC2CCCCC2)cc1OCC. The van der Waals surface area contributed by atoms with Crippen LogP contribution in [0.25, 0.3) is 0 Å². The molecule has 0 saturated heterocycles. The van der Waals surface area contributed by atoms with Gasteiger partial charge in [0.15, 0.2) is 17.5 Å². The first-order chi connectivity index (χ1) is 14.1. The molecule has 1 aliphatic rings. The Morgan fingerprint density at radius 3 is 2.48 bits per heavy atom. The molecule has 0 bridgehead atoms. The minimum atomic E-state index is -0.0162. The van der Waals surface area contributed by atoms with Crippen LogP contribution in [0.1, 0.15) is 64.5 Å². The number of nitrogens with zero attached hydrogens (tertiary/aromatic N) is 1. The summed E-state index contributed by atoms with van der Waals surface area (Å²) in [6.07, 6.45) is 5.83. The summed E-state index contributed by atoms with van der Waals surface area (Å²) in [5.41, 5.74) is 1.05. The summed E-state index contributed by atoms with van der Waals surface area (Å²) in [7, 11) is 1.70. The molecule has 1 fully saturated rings. The molecule has 1 atom stereocenters. The minimum Gasteiger partial charge on any atom is -0.490 e. The Morgan fingerprint density at radius 2 is 1.83 bits per heavy atom. The summed E-state index contributed by atoms with van der Waals surface area (Å²) in [5.74, 6) is 2.07. The van der Waals surface area contributed by atoms with E-state index in [2.05, 4.69) is 20.9 Å². The summed E-state index contributed by atoms with van der Waals surface area (Å²) in [4.78, 5) is 16.5. The van der Waals surface area contributed by atoms with Crippen LogP contribution in [0.2, 0.25) is 0 Å². The number of aliphatic imine (C=N–C) groups is 1. The number of benzene rings is 1. The molecule has 0 radical (unpaired) electrons. The van der Waals surface area contributed by atoms with Gasteiger partial charge in [-0.25, -0.2) is 0 Å². The van der Waals surface area contributed by atoms with Crippen LogP contribution in [0.4, 0.5) is 0 Å². The average molecular weight is 405 g/mol. The molecule has 1 amide bonds. The van der Waals surface area contributed by atoms with Crippen LogP contribution in [0, 0.1) is 0 Å². The Labute approximate surface area is 174 Å². The minimum absolute atomic E-state index is 0.00667. The zero-order valence-electron chi connectivity index (χ0n) is 18.2. The van der Waals surface area contributed by atoms with Gasteiger partial charge in [-0.1, -0.05) is 25.3 Å². The van der Waals surface area contributed by atoms with Gasteiger partial charge in [0, 0.05) is 13.1 Å². The van der Waals surface area contributed by atoms with Crippen molar-refractivity contribution in [2.75, 3.05) is 26.8 Å². The first-order valence-corrected chi connectivity index (χ1v) is 10.7. The van der Waals surface area contributed by atoms with Crippen LogP contribution in [-0.2, 0) is 4.79 Å². The smallest absolute Gasteiger partial charge is 0.239 e. The van der Waals surface area contributed by atoms with E-state index in [1.807, 2.05) is 39.0 Å². The fourth-order valence-corrected chi connectivity index (χ4v) is 3.51. The van der Waals surface area contributed by atoms with E-state index < -0.39 is 0 Å². The average Bonchev–Trinajstić information content (AvgIpc) is 2.73. The number of amides is 1. The molecule has 0 heterocycles. The van der Waals surface area contributed by atoms with Gasteiger partial charge < -0.3 is 25.4 Å². The highest BCUT2D eigenvalue weighted by atomic mass is 16.5. The number of carbonyl (C=O) groups excluding carboxylic acids is 1. The third-order valence-electron chi connectivity index (χ3n) is 5.03. The molecule has 1 saturated carbocycles. The molecule has 1 aliphatic carbocycles. The molecule has 1 aromatic carbocycles. The number of hydrogen-bond donors (Lipinski definition) is 3. The van der Waals surface area contributed by atoms with E-state index in [-0.39, 0.29) is 18.5 Å². The van der Waals surface area contributed by atoms with Crippen molar-refractivity contribution in [2.45, 2.75) is 65.0 Å². The van der Waals surface area contributed by atoms with Gasteiger partial charge in [0.05, 0.1) is 25.8 Å². The fraction of sp³-hybridized carbons (Fsp3) is 0.636. The van der Waals surface area contributed by atoms with Crippen molar-refractivity contribution in [2.24, 2.45) is 4.99 Å². The Balaban J connectivity index is 1.89. The summed E-state index contributed by atoms with van der Waals surface area (Å²) >= 11 is 0. The summed E-state index contributed by atoms with van der Waals surface area (Å²) in [6, 6.07) is 6.21. The van der Waals surface area contributed by atoms with Crippen molar-refractivity contribution in [1.82, 2.24) is 16.0 Å². The summed E-state index contributed by atoms with van der Waals surface area (Å²) in [5, 5.41) is 9.54. The fourth-order valence-electron chi connectivity index (χ4n) is 3.51. The van der Waals surface area contributed by atoms with Crippen molar-refractivity contribution in [3.63, 3.8) is 0 Å². The zero-order chi connectivity index (χ0) is 21.1. The lowest BCUT2D eigenvalue weighted by molar-refractivity contribution is -0.120. The van der Waals surface area contributed by atoms with E-state index >= 15 is 0 Å². The molecule has 162 valence electrons. The Morgan fingerprint density at radius 1 is 1.14 bits per heavy atom. The molecule has 0 spiro atoms. The highest BCUT2D eigenvalue weighted by Gasteiger charge is 2.16. The van der Waals surface area contributed by atoms with E-state index in [4.69, 9.17) is 9.47 Å². The van der Waals surface area contributed by atoms with Gasteiger partial charge in [-0.15, -0.1) is 0 Å². The van der Waals surface area contributed by atoms with Crippen molar-refractivity contribution >= 4 is 11.9 Å². The van der Waals surface area contributed by atoms with Gasteiger partial charge in [-0.2, -0.15) is 0 Å². The maximum absolute atomic E-state index is 12.2. The van der Waals surface area contributed by atoms with E-state index in [1.54, 1.807) is 7.05 Å². The zero-order valence-corrected chi connectivity index (χ0v) is 18.2. The van der Waals surface area contributed by atoms with Gasteiger partial charge in [-0.05, 0) is 51.3 Å². The first kappa shape index (κ1) is 22.8. The van der Waals surface area contributed by atoms with Crippen LogP contribution >= 0.6 is 0 Å². The maximum Gasteiger partial charge on any atom is 0.239 e. The topological polar surface area (TPSA) is 84.0 Å². The van der Waals surface area contributed by atoms with Crippen LogP contribution in [-0.4, -0.2) is 44.7 Å². The molecule has 2 rings (SSSR count). The van der Waals surface area contributed by atoms with Gasteiger partial charge in [-0.3, -0.25) is 9.79 Å². The second-order valence-corrected chi connectivity index (χ2v) is 7.27. The Kier molecular flexibility index (Phi) is 9.60. The van der Waals surface area contributed by atoms with Gasteiger partial charge in [0.25, 0.3) is 0 Å². The Hall–Kier alpha value is -2.44. The van der Waals surface area contributed by atoms with Crippen LogP contribution in [0.3, 0.4) is 0 Å². The molecule has 29 heavy (non-hydrogen) atoms. The largest absolute Gasteiger partial charge is 0.490 e. The second-order valence-electron chi connectivity index (χ2n) is 7.27. The molecular weight excluding hydrogens is 368 g/mol. The molecule has 1 aromatic rings. The van der Waals surface area contributed by atoms with Crippen LogP contribution in [0.15, 0.2) is 23.2 Å². The number of ether oxygens (including phenoxy) is 2. The Bertz CT molecular complexity index is 672. The molecule has 7 nitrogen and oxygen atoms in total. The predicted molar refractivity (Wildman–Crippen MR) is 117 cm³/mol.